The zero-order valence-corrected chi connectivity index (χ0v) is 15.1. The third-order valence-corrected chi connectivity index (χ3v) is 5.25. The van der Waals surface area contributed by atoms with Gasteiger partial charge in [-0.3, -0.25) is 0 Å². The number of para-hydroxylation sites is 2. The molecule has 3 heterocycles. The second-order valence-electron chi connectivity index (χ2n) is 6.68. The molecule has 0 aliphatic carbocycles. The van der Waals surface area contributed by atoms with Gasteiger partial charge in [-0.1, -0.05) is 23.7 Å². The average Bonchev–Trinajstić information content (AvgIpc) is 3.15. The van der Waals surface area contributed by atoms with Crippen LogP contribution in [-0.2, 0) is 13.0 Å². The molecular weight excluding hydrogens is 348 g/mol. The van der Waals surface area contributed by atoms with Gasteiger partial charge in [0.25, 0.3) is 0 Å². The molecule has 5 heteroatoms. The molecule has 26 heavy (non-hydrogen) atoms. The number of aromatic nitrogens is 1. The number of fused-ring (bicyclic) bond motifs is 1. The van der Waals surface area contributed by atoms with Crippen LogP contribution in [0.3, 0.4) is 0 Å². The summed E-state index contributed by atoms with van der Waals surface area (Å²) in [5.74, 6) is 1.40. The van der Waals surface area contributed by atoms with E-state index in [-0.39, 0.29) is 0 Å². The Kier molecular flexibility index (Phi) is 3.62. The Morgan fingerprint density at radius 3 is 2.81 bits per heavy atom. The molecule has 0 spiro atoms. The highest BCUT2D eigenvalue weighted by Gasteiger charge is 2.22. The molecule has 2 aromatic carbocycles. The van der Waals surface area contributed by atoms with Crippen LogP contribution in [0.1, 0.15) is 22.8 Å². The maximum absolute atomic E-state index is 6.45. The molecule has 4 aromatic rings. The molecule has 130 valence electrons. The SMILES string of the molecule is CN1CCc2c(Cl)ccc3oc(/C=C/c4nc5ccccc5o4)c(c23)C1. The van der Waals surface area contributed by atoms with E-state index in [0.29, 0.717) is 5.89 Å². The fourth-order valence-electron chi connectivity index (χ4n) is 3.62. The second kappa shape index (κ2) is 6.01. The minimum Gasteiger partial charge on any atom is -0.456 e. The molecular formula is C21H17ClN2O2. The fraction of sp³-hybridized carbons (Fsp3) is 0.190. The first-order valence-electron chi connectivity index (χ1n) is 8.64. The molecule has 1 aliphatic heterocycles. The van der Waals surface area contributed by atoms with Crippen LogP contribution >= 0.6 is 11.6 Å². The zero-order valence-electron chi connectivity index (χ0n) is 14.3. The van der Waals surface area contributed by atoms with Gasteiger partial charge in [0.1, 0.15) is 16.9 Å². The largest absolute Gasteiger partial charge is 0.456 e. The number of furan rings is 1. The van der Waals surface area contributed by atoms with Gasteiger partial charge in [-0.15, -0.1) is 0 Å². The Hall–Kier alpha value is -2.56. The number of benzene rings is 2. The number of hydrogen-bond acceptors (Lipinski definition) is 4. The van der Waals surface area contributed by atoms with Crippen molar-refractivity contribution in [1.29, 1.82) is 0 Å². The lowest BCUT2D eigenvalue weighted by atomic mass is 10.0. The first-order valence-corrected chi connectivity index (χ1v) is 9.02. The van der Waals surface area contributed by atoms with Crippen molar-refractivity contribution in [2.45, 2.75) is 13.0 Å². The van der Waals surface area contributed by atoms with Crippen molar-refractivity contribution in [3.8, 4) is 0 Å². The number of likely N-dealkylation sites (N-methyl/N-ethyl adjacent to an activating group) is 1. The predicted octanol–water partition coefficient (Wildman–Crippen LogP) is 5.39. The Balaban J connectivity index is 1.62. The van der Waals surface area contributed by atoms with Gasteiger partial charge in [-0.25, -0.2) is 4.98 Å². The van der Waals surface area contributed by atoms with Gasteiger partial charge in [0.05, 0.1) is 0 Å². The molecule has 1 aliphatic rings. The van der Waals surface area contributed by atoms with Crippen LogP contribution in [0.4, 0.5) is 0 Å². The third-order valence-electron chi connectivity index (χ3n) is 4.90. The number of halogens is 1. The van der Waals surface area contributed by atoms with Crippen molar-refractivity contribution in [2.24, 2.45) is 0 Å². The van der Waals surface area contributed by atoms with Crippen molar-refractivity contribution in [3.63, 3.8) is 0 Å². The van der Waals surface area contributed by atoms with E-state index in [1.54, 1.807) is 0 Å². The van der Waals surface area contributed by atoms with E-state index in [0.717, 1.165) is 52.4 Å². The van der Waals surface area contributed by atoms with E-state index >= 15 is 0 Å². The maximum atomic E-state index is 6.45. The van der Waals surface area contributed by atoms with Crippen molar-refractivity contribution in [2.75, 3.05) is 13.6 Å². The molecule has 0 radical (unpaired) electrons. The maximum Gasteiger partial charge on any atom is 0.220 e. The van der Waals surface area contributed by atoms with Gasteiger partial charge < -0.3 is 13.7 Å². The first-order chi connectivity index (χ1) is 12.7. The lowest BCUT2D eigenvalue weighted by Gasteiger charge is -2.12. The monoisotopic (exact) mass is 364 g/mol. The summed E-state index contributed by atoms with van der Waals surface area (Å²) in [7, 11) is 2.12. The standard InChI is InChI=1S/C21H17ClN2O2/c1-24-11-10-13-15(22)6-7-19-21(13)14(12-24)17(25-19)8-9-20-23-16-4-2-3-5-18(16)26-20/h2-9H,10-12H2,1H3/b9-8+. The van der Waals surface area contributed by atoms with Crippen molar-refractivity contribution >= 4 is 45.8 Å². The molecule has 4 nitrogen and oxygen atoms in total. The quantitative estimate of drug-likeness (QED) is 0.478. The highest BCUT2D eigenvalue weighted by molar-refractivity contribution is 6.32. The second-order valence-corrected chi connectivity index (χ2v) is 7.09. The highest BCUT2D eigenvalue weighted by Crippen LogP contribution is 2.36. The van der Waals surface area contributed by atoms with Crippen LogP contribution < -0.4 is 0 Å². The van der Waals surface area contributed by atoms with E-state index in [1.807, 2.05) is 48.6 Å². The molecule has 0 saturated carbocycles. The van der Waals surface area contributed by atoms with Crippen LogP contribution in [0.25, 0.3) is 34.2 Å². The summed E-state index contributed by atoms with van der Waals surface area (Å²) in [5, 5.41) is 1.96. The molecule has 2 aromatic heterocycles. The van der Waals surface area contributed by atoms with Crippen molar-refractivity contribution in [3.05, 3.63) is 64.2 Å². The molecule has 0 N–H and O–H groups in total. The van der Waals surface area contributed by atoms with E-state index in [2.05, 4.69) is 16.9 Å². The fourth-order valence-corrected chi connectivity index (χ4v) is 3.87. The summed E-state index contributed by atoms with van der Waals surface area (Å²) in [4.78, 5) is 6.78. The average molecular weight is 365 g/mol. The van der Waals surface area contributed by atoms with Gasteiger partial charge >= 0.3 is 0 Å². The van der Waals surface area contributed by atoms with Crippen LogP contribution in [0, 0.1) is 0 Å². The molecule has 0 unspecified atom stereocenters. The van der Waals surface area contributed by atoms with Gasteiger partial charge in [0, 0.05) is 35.1 Å². The Morgan fingerprint density at radius 1 is 1.04 bits per heavy atom. The molecule has 0 bridgehead atoms. The van der Waals surface area contributed by atoms with Crippen LogP contribution in [-0.4, -0.2) is 23.5 Å². The first kappa shape index (κ1) is 15.7. The molecule has 0 fully saturated rings. The third kappa shape index (κ3) is 2.54. The summed E-state index contributed by atoms with van der Waals surface area (Å²) in [6.07, 6.45) is 4.73. The van der Waals surface area contributed by atoms with Gasteiger partial charge in [-0.05, 0) is 49.4 Å². The Labute approximate surface area is 155 Å². The van der Waals surface area contributed by atoms with Gasteiger partial charge in [0.2, 0.25) is 5.89 Å². The van der Waals surface area contributed by atoms with E-state index in [9.17, 15) is 0 Å². The highest BCUT2D eigenvalue weighted by atomic mass is 35.5. The van der Waals surface area contributed by atoms with E-state index < -0.39 is 0 Å². The zero-order chi connectivity index (χ0) is 17.7. The molecule has 0 saturated heterocycles. The van der Waals surface area contributed by atoms with Crippen LogP contribution in [0.2, 0.25) is 5.02 Å². The molecule has 0 atom stereocenters. The summed E-state index contributed by atoms with van der Waals surface area (Å²) < 4.78 is 11.9. The summed E-state index contributed by atoms with van der Waals surface area (Å²) in [6.45, 7) is 1.80. The minimum absolute atomic E-state index is 0.569. The topological polar surface area (TPSA) is 42.4 Å². The van der Waals surface area contributed by atoms with Crippen molar-refractivity contribution < 1.29 is 8.83 Å². The minimum atomic E-state index is 0.569. The molecule has 5 rings (SSSR count). The molecule has 0 amide bonds. The predicted molar refractivity (Wildman–Crippen MR) is 104 cm³/mol. The van der Waals surface area contributed by atoms with Crippen molar-refractivity contribution in [1.82, 2.24) is 9.88 Å². The Morgan fingerprint density at radius 2 is 1.92 bits per heavy atom. The number of oxazole rings is 1. The summed E-state index contributed by atoms with van der Waals surface area (Å²) >= 11 is 6.45. The lowest BCUT2D eigenvalue weighted by Crippen LogP contribution is -2.18. The lowest BCUT2D eigenvalue weighted by molar-refractivity contribution is 0.334. The van der Waals surface area contributed by atoms with E-state index in [4.69, 9.17) is 20.4 Å². The van der Waals surface area contributed by atoms with E-state index in [1.165, 1.54) is 11.1 Å². The van der Waals surface area contributed by atoms with Gasteiger partial charge in [-0.2, -0.15) is 0 Å². The normalized spacial score (nSPS) is 15.3. The number of hydrogen-bond donors (Lipinski definition) is 0. The Bertz CT molecular complexity index is 1120. The van der Waals surface area contributed by atoms with Crippen LogP contribution in [0.5, 0.6) is 0 Å². The van der Waals surface area contributed by atoms with Gasteiger partial charge in [0.15, 0.2) is 5.58 Å². The van der Waals surface area contributed by atoms with Crippen LogP contribution in [0.15, 0.2) is 45.2 Å². The summed E-state index contributed by atoms with van der Waals surface area (Å²) in [6, 6.07) is 11.6. The smallest absolute Gasteiger partial charge is 0.220 e. The summed E-state index contributed by atoms with van der Waals surface area (Å²) in [5.41, 5.74) is 4.86. The number of rotatable bonds is 2. The number of nitrogens with zero attached hydrogens (tertiary/aromatic N) is 2.